The van der Waals surface area contributed by atoms with Gasteiger partial charge in [-0.3, -0.25) is 0 Å². The van der Waals surface area contributed by atoms with E-state index in [0.29, 0.717) is 16.7 Å². The highest BCUT2D eigenvalue weighted by Crippen LogP contribution is 2.22. The molecule has 2 nitrogen and oxygen atoms in total. The Morgan fingerprint density at radius 2 is 1.87 bits per heavy atom. The Balaban J connectivity index is 2.60. The van der Waals surface area contributed by atoms with Gasteiger partial charge in [0.2, 0.25) is 0 Å². The minimum Gasteiger partial charge on any atom is -0.379 e. The minimum absolute atomic E-state index is 0.173. The second-order valence-electron chi connectivity index (χ2n) is 3.38. The van der Waals surface area contributed by atoms with Gasteiger partial charge in [-0.2, -0.15) is 0 Å². The zero-order valence-electron chi connectivity index (χ0n) is 8.67. The molecule has 0 fully saturated rings. The maximum absolute atomic E-state index is 5.93. The summed E-state index contributed by atoms with van der Waals surface area (Å²) in [5, 5.41) is 1.20. The highest BCUT2D eigenvalue weighted by atomic mass is 35.5. The lowest BCUT2D eigenvalue weighted by Gasteiger charge is -2.13. The molecule has 0 bridgehead atoms. The largest absolute Gasteiger partial charge is 0.379 e. The summed E-state index contributed by atoms with van der Waals surface area (Å²) in [5.41, 5.74) is 6.84. The summed E-state index contributed by atoms with van der Waals surface area (Å²) in [4.78, 5) is 0. The van der Waals surface area contributed by atoms with Crippen molar-refractivity contribution >= 4 is 23.2 Å². The van der Waals surface area contributed by atoms with Crippen molar-refractivity contribution in [1.29, 1.82) is 0 Å². The predicted octanol–water partition coefficient (Wildman–Crippen LogP) is 3.42. The number of halogens is 2. The number of benzene rings is 1. The van der Waals surface area contributed by atoms with Gasteiger partial charge in [-0.05, 0) is 30.2 Å². The molecule has 84 valence electrons. The third-order valence-corrected chi connectivity index (χ3v) is 2.40. The SMILES string of the molecule is CCCOCC(N)c1cc(Cl)cc(Cl)c1. The van der Waals surface area contributed by atoms with Gasteiger partial charge in [-0.15, -0.1) is 0 Å². The van der Waals surface area contributed by atoms with Gasteiger partial charge in [0.1, 0.15) is 0 Å². The van der Waals surface area contributed by atoms with Crippen molar-refractivity contribution in [1.82, 2.24) is 0 Å². The zero-order chi connectivity index (χ0) is 11.3. The van der Waals surface area contributed by atoms with Gasteiger partial charge in [0.05, 0.1) is 12.6 Å². The number of hydrogen-bond acceptors (Lipinski definition) is 2. The molecule has 0 aliphatic carbocycles. The van der Waals surface area contributed by atoms with Gasteiger partial charge < -0.3 is 10.5 Å². The van der Waals surface area contributed by atoms with E-state index in [1.165, 1.54) is 0 Å². The molecule has 1 aromatic rings. The van der Waals surface area contributed by atoms with Crippen molar-refractivity contribution < 1.29 is 4.74 Å². The second kappa shape index (κ2) is 6.33. The Kier molecular flexibility index (Phi) is 5.40. The molecule has 0 spiro atoms. The van der Waals surface area contributed by atoms with Gasteiger partial charge in [0, 0.05) is 16.7 Å². The molecule has 0 radical (unpaired) electrons. The Bertz CT molecular complexity index is 297. The van der Waals surface area contributed by atoms with Crippen molar-refractivity contribution in [2.75, 3.05) is 13.2 Å². The molecule has 0 saturated heterocycles. The summed E-state index contributed by atoms with van der Waals surface area (Å²) in [6.07, 6.45) is 0.989. The van der Waals surface area contributed by atoms with Crippen LogP contribution in [0.3, 0.4) is 0 Å². The Morgan fingerprint density at radius 3 is 2.40 bits per heavy atom. The van der Waals surface area contributed by atoms with Crippen LogP contribution in [0.25, 0.3) is 0 Å². The smallest absolute Gasteiger partial charge is 0.0659 e. The van der Waals surface area contributed by atoms with Crippen LogP contribution in [0, 0.1) is 0 Å². The van der Waals surface area contributed by atoms with Crippen LogP contribution in [0.1, 0.15) is 24.9 Å². The first-order valence-electron chi connectivity index (χ1n) is 4.92. The van der Waals surface area contributed by atoms with Crippen LogP contribution >= 0.6 is 23.2 Å². The van der Waals surface area contributed by atoms with E-state index in [2.05, 4.69) is 6.92 Å². The molecule has 1 unspecified atom stereocenters. The van der Waals surface area contributed by atoms with Gasteiger partial charge >= 0.3 is 0 Å². The zero-order valence-corrected chi connectivity index (χ0v) is 10.2. The molecule has 1 aromatic carbocycles. The maximum atomic E-state index is 5.93. The first kappa shape index (κ1) is 12.8. The van der Waals surface area contributed by atoms with Gasteiger partial charge in [0.15, 0.2) is 0 Å². The lowest BCUT2D eigenvalue weighted by atomic mass is 10.1. The maximum Gasteiger partial charge on any atom is 0.0659 e. The van der Waals surface area contributed by atoms with Crippen LogP contribution < -0.4 is 5.73 Å². The van der Waals surface area contributed by atoms with E-state index in [-0.39, 0.29) is 6.04 Å². The molecule has 0 heterocycles. The average Bonchev–Trinajstić information content (AvgIpc) is 2.16. The Hall–Kier alpha value is -0.280. The van der Waals surface area contributed by atoms with Gasteiger partial charge in [-0.1, -0.05) is 30.1 Å². The van der Waals surface area contributed by atoms with E-state index in [4.69, 9.17) is 33.7 Å². The number of ether oxygens (including phenoxy) is 1. The molecule has 4 heteroatoms. The van der Waals surface area contributed by atoms with E-state index in [1.54, 1.807) is 6.07 Å². The molecule has 15 heavy (non-hydrogen) atoms. The van der Waals surface area contributed by atoms with Crippen molar-refractivity contribution in [3.05, 3.63) is 33.8 Å². The average molecular weight is 248 g/mol. The first-order valence-corrected chi connectivity index (χ1v) is 5.68. The topological polar surface area (TPSA) is 35.2 Å². The highest BCUT2D eigenvalue weighted by molar-refractivity contribution is 6.34. The quantitative estimate of drug-likeness (QED) is 0.810. The Morgan fingerprint density at radius 1 is 1.27 bits per heavy atom. The number of rotatable bonds is 5. The van der Waals surface area contributed by atoms with Crippen LogP contribution in [-0.2, 0) is 4.74 Å². The number of hydrogen-bond donors (Lipinski definition) is 1. The van der Waals surface area contributed by atoms with E-state index in [0.717, 1.165) is 18.6 Å². The van der Waals surface area contributed by atoms with Gasteiger partial charge in [0.25, 0.3) is 0 Å². The molecule has 0 aliphatic heterocycles. The molecule has 0 amide bonds. The molecule has 0 saturated carbocycles. The summed E-state index contributed by atoms with van der Waals surface area (Å²) in [6, 6.07) is 5.14. The minimum atomic E-state index is -0.173. The summed E-state index contributed by atoms with van der Waals surface area (Å²) >= 11 is 11.7. The molecular weight excluding hydrogens is 233 g/mol. The van der Waals surface area contributed by atoms with Crippen LogP contribution in [0.15, 0.2) is 18.2 Å². The highest BCUT2D eigenvalue weighted by Gasteiger charge is 2.07. The van der Waals surface area contributed by atoms with Crippen molar-refractivity contribution in [3.8, 4) is 0 Å². The summed E-state index contributed by atoms with van der Waals surface area (Å²) in [6.45, 7) is 3.27. The van der Waals surface area contributed by atoms with Gasteiger partial charge in [-0.25, -0.2) is 0 Å². The molecule has 1 rings (SSSR count). The summed E-state index contributed by atoms with van der Waals surface area (Å²) in [5.74, 6) is 0. The van der Waals surface area contributed by atoms with Crippen molar-refractivity contribution in [2.45, 2.75) is 19.4 Å². The van der Waals surface area contributed by atoms with Crippen molar-refractivity contribution in [3.63, 3.8) is 0 Å². The van der Waals surface area contributed by atoms with E-state index >= 15 is 0 Å². The van der Waals surface area contributed by atoms with Crippen LogP contribution in [-0.4, -0.2) is 13.2 Å². The van der Waals surface area contributed by atoms with Crippen molar-refractivity contribution in [2.24, 2.45) is 5.73 Å². The third kappa shape index (κ3) is 4.39. The van der Waals surface area contributed by atoms with Crippen LogP contribution in [0.4, 0.5) is 0 Å². The van der Waals surface area contributed by atoms with E-state index in [1.807, 2.05) is 12.1 Å². The lowest BCUT2D eigenvalue weighted by molar-refractivity contribution is 0.121. The molecule has 1 atom stereocenters. The van der Waals surface area contributed by atoms with Crippen LogP contribution in [0.5, 0.6) is 0 Å². The summed E-state index contributed by atoms with van der Waals surface area (Å²) < 4.78 is 5.37. The molecular formula is C11H15Cl2NO. The fourth-order valence-electron chi connectivity index (χ4n) is 1.24. The lowest BCUT2D eigenvalue weighted by Crippen LogP contribution is -2.17. The van der Waals surface area contributed by atoms with Crippen LogP contribution in [0.2, 0.25) is 10.0 Å². The van der Waals surface area contributed by atoms with E-state index < -0.39 is 0 Å². The fraction of sp³-hybridized carbons (Fsp3) is 0.455. The first-order chi connectivity index (χ1) is 7.13. The Labute approximate surface area is 100 Å². The third-order valence-electron chi connectivity index (χ3n) is 1.96. The molecule has 0 aliphatic rings. The summed E-state index contributed by atoms with van der Waals surface area (Å²) in [7, 11) is 0. The van der Waals surface area contributed by atoms with E-state index in [9.17, 15) is 0 Å². The monoisotopic (exact) mass is 247 g/mol. The molecule has 2 N–H and O–H groups in total. The fourth-order valence-corrected chi connectivity index (χ4v) is 1.78. The predicted molar refractivity (Wildman–Crippen MR) is 64.5 cm³/mol. The number of nitrogens with two attached hydrogens (primary N) is 1. The standard InChI is InChI=1S/C11H15Cl2NO/c1-2-3-15-7-11(14)8-4-9(12)6-10(13)5-8/h4-6,11H,2-3,7,14H2,1H3. The molecule has 0 aromatic heterocycles. The normalized spacial score (nSPS) is 12.8. The second-order valence-corrected chi connectivity index (χ2v) is 4.26.